The van der Waals surface area contributed by atoms with Crippen LogP contribution in [0.1, 0.15) is 32.1 Å². The van der Waals surface area contributed by atoms with E-state index in [-0.39, 0.29) is 28.8 Å². The van der Waals surface area contributed by atoms with Gasteiger partial charge >= 0.3 is 0 Å². The van der Waals surface area contributed by atoms with Gasteiger partial charge in [-0.15, -0.1) is 0 Å². The molecule has 0 bridgehead atoms. The maximum absolute atomic E-state index is 13.3. The Hall–Kier alpha value is -1.68. The number of hydrogen-bond acceptors (Lipinski definition) is 7. The van der Waals surface area contributed by atoms with E-state index in [1.807, 2.05) is 5.48 Å². The van der Waals surface area contributed by atoms with Crippen molar-refractivity contribution in [3.05, 3.63) is 28.5 Å². The number of nitrogens with two attached hydrogens (primary N) is 2. The molecule has 11 nitrogen and oxygen atoms in total. The summed E-state index contributed by atoms with van der Waals surface area (Å²) in [5, 5.41) is 14.4. The van der Waals surface area contributed by atoms with Crippen molar-refractivity contribution in [2.75, 3.05) is 0 Å². The highest BCUT2D eigenvalue weighted by Crippen LogP contribution is 2.23. The molecule has 0 unspecified atom stereocenters. The Labute approximate surface area is 176 Å². The first-order valence-electron chi connectivity index (χ1n) is 8.61. The molecule has 0 aromatic heterocycles. The summed E-state index contributed by atoms with van der Waals surface area (Å²) in [5.74, 6) is 5.07. The standard InChI is InChI=1S/C15H23BrFN7O4S/c16-12-7-11(5-6-13(12)17)21-14(22-25)8-15(23-28-18)20-9-1-3-10(4-2-9)24-29(19,26)27/h5-7,9-10,24-25H,1-4,8,18H2,(H,20,23)(H,21,22)(H2,19,26,27). The fraction of sp³-hybridized carbons (Fsp3) is 0.467. The van der Waals surface area contributed by atoms with Crippen LogP contribution in [0.2, 0.25) is 0 Å². The number of rotatable bonds is 7. The summed E-state index contributed by atoms with van der Waals surface area (Å²) in [6, 6.07) is 3.80. The van der Waals surface area contributed by atoms with Crippen LogP contribution in [0.25, 0.3) is 0 Å². The van der Waals surface area contributed by atoms with E-state index in [4.69, 9.17) is 11.0 Å². The molecule has 1 aliphatic carbocycles. The molecular formula is C15H23BrFN7O4S. The van der Waals surface area contributed by atoms with Gasteiger partial charge in [-0.25, -0.2) is 20.0 Å². The molecule has 0 atom stereocenters. The van der Waals surface area contributed by atoms with Crippen molar-refractivity contribution in [3.63, 3.8) is 0 Å². The summed E-state index contributed by atoms with van der Waals surface area (Å²) >= 11 is 3.07. The lowest BCUT2D eigenvalue weighted by Gasteiger charge is -2.26. The lowest BCUT2D eigenvalue weighted by molar-refractivity contribution is 0.0849. The fourth-order valence-corrected chi connectivity index (χ4v) is 3.99. The molecule has 1 saturated carbocycles. The van der Waals surface area contributed by atoms with Gasteiger partial charge in [0.1, 0.15) is 17.5 Å². The topological polar surface area (TPSA) is 176 Å². The van der Waals surface area contributed by atoms with Gasteiger partial charge in [0.25, 0.3) is 10.2 Å². The van der Waals surface area contributed by atoms with Crippen molar-refractivity contribution in [1.29, 1.82) is 0 Å². The van der Waals surface area contributed by atoms with Crippen LogP contribution in [0.3, 0.4) is 0 Å². The van der Waals surface area contributed by atoms with Gasteiger partial charge in [-0.2, -0.15) is 24.0 Å². The smallest absolute Gasteiger partial charge is 0.274 e. The quantitative estimate of drug-likeness (QED) is 0.184. The zero-order valence-corrected chi connectivity index (χ0v) is 17.7. The Morgan fingerprint density at radius 1 is 1.31 bits per heavy atom. The molecule has 0 spiro atoms. The van der Waals surface area contributed by atoms with Crippen LogP contribution in [0.4, 0.5) is 10.1 Å². The second-order valence-corrected chi connectivity index (χ2v) is 8.59. The number of nitrogens with one attached hydrogen (secondary N) is 3. The van der Waals surface area contributed by atoms with Crippen molar-refractivity contribution in [1.82, 2.24) is 15.7 Å². The molecule has 162 valence electrons. The highest BCUT2D eigenvalue weighted by molar-refractivity contribution is 9.10. The van der Waals surface area contributed by atoms with Gasteiger partial charge in [-0.05, 0) is 59.8 Å². The summed E-state index contributed by atoms with van der Waals surface area (Å²) < 4.78 is 38.2. The minimum Gasteiger partial charge on any atom is -0.290 e. The number of hydroxylamine groups is 2. The zero-order valence-electron chi connectivity index (χ0n) is 15.3. The normalized spacial score (nSPS) is 21.1. The molecular weight excluding hydrogens is 473 g/mol. The van der Waals surface area contributed by atoms with Gasteiger partial charge < -0.3 is 0 Å². The second kappa shape index (κ2) is 10.9. The molecule has 0 radical (unpaired) electrons. The summed E-state index contributed by atoms with van der Waals surface area (Å²) in [7, 11) is -3.74. The van der Waals surface area contributed by atoms with Gasteiger partial charge in [0, 0.05) is 6.04 Å². The molecule has 0 amide bonds. The number of benzene rings is 1. The van der Waals surface area contributed by atoms with Crippen molar-refractivity contribution in [2.45, 2.75) is 44.2 Å². The number of halogens is 2. The Balaban J connectivity index is 2.05. The highest BCUT2D eigenvalue weighted by Gasteiger charge is 2.23. The van der Waals surface area contributed by atoms with Crippen molar-refractivity contribution in [3.8, 4) is 0 Å². The molecule has 0 aliphatic heterocycles. The Bertz CT molecular complexity index is 860. The van der Waals surface area contributed by atoms with Crippen LogP contribution in [-0.2, 0) is 15.1 Å². The molecule has 1 aromatic rings. The van der Waals surface area contributed by atoms with E-state index in [1.54, 1.807) is 0 Å². The summed E-state index contributed by atoms with van der Waals surface area (Å²) in [4.78, 5) is 13.2. The zero-order chi connectivity index (χ0) is 21.4. The fourth-order valence-electron chi connectivity index (χ4n) is 2.92. The van der Waals surface area contributed by atoms with E-state index < -0.39 is 16.0 Å². The van der Waals surface area contributed by atoms with E-state index >= 15 is 0 Å². The minimum atomic E-state index is -3.74. The number of hydrogen-bond donors (Lipinski definition) is 6. The average Bonchev–Trinajstić information content (AvgIpc) is 2.64. The van der Waals surface area contributed by atoms with E-state index in [0.29, 0.717) is 37.2 Å². The van der Waals surface area contributed by atoms with E-state index in [2.05, 4.69) is 41.1 Å². The Kier molecular flexibility index (Phi) is 8.88. The van der Waals surface area contributed by atoms with Crippen LogP contribution < -0.4 is 26.7 Å². The average molecular weight is 496 g/mol. The van der Waals surface area contributed by atoms with Crippen LogP contribution >= 0.6 is 15.9 Å². The van der Waals surface area contributed by atoms with Gasteiger partial charge in [0.15, 0.2) is 0 Å². The largest absolute Gasteiger partial charge is 0.290 e. The third-order valence-corrected chi connectivity index (χ3v) is 5.44. The van der Waals surface area contributed by atoms with Crippen molar-refractivity contribution in [2.24, 2.45) is 21.0 Å². The molecule has 1 aliphatic rings. The molecule has 2 rings (SSSR count). The predicted octanol–water partition coefficient (Wildman–Crippen LogP) is 0.885. The second-order valence-electron chi connectivity index (χ2n) is 6.41. The van der Waals surface area contributed by atoms with Gasteiger partial charge in [0.05, 0.1) is 22.6 Å². The third-order valence-electron chi connectivity index (χ3n) is 4.17. The molecule has 14 heteroatoms. The first-order valence-corrected chi connectivity index (χ1v) is 10.9. The molecule has 1 fully saturated rings. The molecule has 1 aromatic carbocycles. The Morgan fingerprint density at radius 2 is 2.00 bits per heavy atom. The van der Waals surface area contributed by atoms with Gasteiger partial charge in [0.2, 0.25) is 0 Å². The first kappa shape index (κ1) is 23.6. The van der Waals surface area contributed by atoms with Gasteiger partial charge in [-0.1, -0.05) is 0 Å². The number of aliphatic imine (C=N–C) groups is 2. The van der Waals surface area contributed by atoms with E-state index in [1.165, 1.54) is 18.2 Å². The third kappa shape index (κ3) is 8.30. The molecule has 0 heterocycles. The van der Waals surface area contributed by atoms with Crippen LogP contribution in [-0.4, -0.2) is 37.4 Å². The minimum absolute atomic E-state index is 0.0258. The maximum Gasteiger partial charge on any atom is 0.274 e. The van der Waals surface area contributed by atoms with Crippen molar-refractivity contribution < 1.29 is 23.0 Å². The van der Waals surface area contributed by atoms with Gasteiger partial charge in [-0.3, -0.25) is 15.7 Å². The summed E-state index contributed by atoms with van der Waals surface area (Å²) in [6.07, 6.45) is 2.41. The number of amidine groups is 2. The monoisotopic (exact) mass is 495 g/mol. The maximum atomic E-state index is 13.3. The molecule has 0 saturated heterocycles. The molecule has 29 heavy (non-hydrogen) atoms. The van der Waals surface area contributed by atoms with Crippen LogP contribution in [0.5, 0.6) is 0 Å². The molecule has 8 N–H and O–H groups in total. The first-order chi connectivity index (χ1) is 13.7. The SMILES string of the molecule is NONC(CC(=Nc1ccc(F)c(Br)c1)NO)=NC1CCC(NS(N)(=O)=O)CC1. The van der Waals surface area contributed by atoms with Crippen LogP contribution in [0, 0.1) is 5.82 Å². The van der Waals surface area contributed by atoms with Crippen LogP contribution in [0.15, 0.2) is 32.7 Å². The van der Waals surface area contributed by atoms with E-state index in [9.17, 15) is 18.0 Å². The highest BCUT2D eigenvalue weighted by atomic mass is 79.9. The summed E-state index contributed by atoms with van der Waals surface area (Å²) in [6.45, 7) is 0. The predicted molar refractivity (Wildman–Crippen MR) is 109 cm³/mol. The lowest BCUT2D eigenvalue weighted by atomic mass is 9.92. The number of nitrogens with zero attached hydrogens (tertiary/aromatic N) is 2. The summed E-state index contributed by atoms with van der Waals surface area (Å²) in [5.41, 5.74) is 4.82. The lowest BCUT2D eigenvalue weighted by Crippen LogP contribution is -2.42. The van der Waals surface area contributed by atoms with E-state index in [0.717, 1.165) is 0 Å². The van der Waals surface area contributed by atoms with Crippen molar-refractivity contribution >= 4 is 43.5 Å². The Morgan fingerprint density at radius 3 is 2.55 bits per heavy atom.